The number of aromatic carboxylic acids is 1. The number of fused-ring (bicyclic) bond motifs is 2. The number of nitrogens with zero attached hydrogens (tertiary/aromatic N) is 7. The summed E-state index contributed by atoms with van der Waals surface area (Å²) < 4.78 is 29.7. The number of amides is 2. The predicted molar refractivity (Wildman–Crippen MR) is 217 cm³/mol. The number of nitrogens with one attached hydrogen (secondary N) is 1. The van der Waals surface area contributed by atoms with E-state index in [1.165, 1.54) is 35.0 Å². The number of benzene rings is 2. The van der Waals surface area contributed by atoms with Crippen molar-refractivity contribution in [3.8, 4) is 22.5 Å². The molecule has 0 bridgehead atoms. The van der Waals surface area contributed by atoms with Crippen molar-refractivity contribution in [3.63, 3.8) is 0 Å². The number of piperazine rings is 1. The highest BCUT2D eigenvalue weighted by Gasteiger charge is 2.50. The number of aromatic nitrogens is 6. The first-order valence-electron chi connectivity index (χ1n) is 18.6. The lowest BCUT2D eigenvalue weighted by Gasteiger charge is -2.43. The zero-order valence-corrected chi connectivity index (χ0v) is 34.4. The van der Waals surface area contributed by atoms with Gasteiger partial charge in [0.2, 0.25) is 5.91 Å². The molecule has 298 valence electrons. The molecule has 12 nitrogen and oxygen atoms in total. The Morgan fingerprint density at radius 1 is 0.737 bits per heavy atom. The molecular weight excluding hydrogens is 749 g/mol. The molecule has 1 saturated heterocycles. The van der Waals surface area contributed by atoms with Gasteiger partial charge < -0.3 is 15.3 Å². The van der Waals surface area contributed by atoms with Crippen molar-refractivity contribution >= 4 is 39.0 Å². The molecule has 5 heterocycles. The highest BCUT2D eigenvalue weighted by molar-refractivity contribution is 6.92. The molecule has 1 aliphatic heterocycles. The average molecular weight is 797 g/mol. The Hall–Kier alpha value is -5.62. The van der Waals surface area contributed by atoms with Crippen LogP contribution in [-0.2, 0) is 15.6 Å². The van der Waals surface area contributed by atoms with Crippen LogP contribution >= 0.6 is 9.90 Å². The average Bonchev–Trinajstić information content (AvgIpc) is 3.91. The van der Waals surface area contributed by atoms with E-state index in [1.54, 1.807) is 39.9 Å². The van der Waals surface area contributed by atoms with E-state index in [2.05, 4.69) is 41.3 Å². The Balaban J connectivity index is 0.000000202. The fourth-order valence-corrected chi connectivity index (χ4v) is 7.46. The molecule has 4 aromatic heterocycles. The SMILES string of the molecule is CC(C)(C)c1cc(-c2ccc(F)cc2)nn2cc(C(=O)N3CCNC(=O)C34CCCC4)nc12.CC(C)(C)c1cc(-c2ccc(F)cc2)nn2cc(C(=O)O)nc12.P. The lowest BCUT2D eigenvalue weighted by atomic mass is 9.87. The van der Waals surface area contributed by atoms with Crippen molar-refractivity contribution in [2.45, 2.75) is 83.6 Å². The zero-order chi connectivity index (χ0) is 40.2. The number of halogens is 2. The molecule has 2 fully saturated rings. The molecule has 1 aliphatic carbocycles. The van der Waals surface area contributed by atoms with E-state index in [4.69, 9.17) is 10.1 Å². The van der Waals surface area contributed by atoms with Crippen molar-refractivity contribution in [1.29, 1.82) is 0 Å². The first-order valence-corrected chi connectivity index (χ1v) is 18.6. The van der Waals surface area contributed by atoms with Gasteiger partial charge in [-0.15, -0.1) is 0 Å². The van der Waals surface area contributed by atoms with Crippen LogP contribution in [-0.4, -0.2) is 75.6 Å². The highest BCUT2D eigenvalue weighted by Crippen LogP contribution is 2.38. The Labute approximate surface area is 332 Å². The summed E-state index contributed by atoms with van der Waals surface area (Å²) in [6.45, 7) is 13.2. The van der Waals surface area contributed by atoms with Gasteiger partial charge in [0, 0.05) is 35.3 Å². The topological polar surface area (TPSA) is 147 Å². The van der Waals surface area contributed by atoms with Crippen LogP contribution < -0.4 is 5.32 Å². The number of carboxylic acid groups (broad SMARTS) is 1. The van der Waals surface area contributed by atoms with Crippen LogP contribution in [0.3, 0.4) is 0 Å². The molecule has 15 heteroatoms. The maximum atomic E-state index is 13.6. The maximum Gasteiger partial charge on any atom is 0.356 e. The number of imidazole rings is 2. The second-order valence-electron chi connectivity index (χ2n) is 16.4. The van der Waals surface area contributed by atoms with Crippen LogP contribution in [0.15, 0.2) is 73.1 Å². The third kappa shape index (κ3) is 8.00. The molecule has 57 heavy (non-hydrogen) atoms. The molecule has 2 aromatic carbocycles. The predicted octanol–water partition coefficient (Wildman–Crippen LogP) is 7.31. The van der Waals surface area contributed by atoms with E-state index in [1.807, 2.05) is 32.9 Å². The molecule has 8 rings (SSSR count). The molecule has 2 aliphatic rings. The lowest BCUT2D eigenvalue weighted by molar-refractivity contribution is -0.134. The van der Waals surface area contributed by atoms with Crippen LogP contribution in [0.25, 0.3) is 33.8 Å². The minimum Gasteiger partial charge on any atom is -0.476 e. The fourth-order valence-electron chi connectivity index (χ4n) is 7.46. The highest BCUT2D eigenvalue weighted by atomic mass is 31.0. The zero-order valence-electron chi connectivity index (χ0n) is 32.9. The van der Waals surface area contributed by atoms with E-state index >= 15 is 0 Å². The molecular formula is C42H47F2N8O4P. The second kappa shape index (κ2) is 15.4. The van der Waals surface area contributed by atoms with Crippen LogP contribution in [0, 0.1) is 11.6 Å². The quantitative estimate of drug-likeness (QED) is 0.177. The molecule has 2 N–H and O–H groups in total. The minimum absolute atomic E-state index is 0. The maximum absolute atomic E-state index is 13.6. The summed E-state index contributed by atoms with van der Waals surface area (Å²) in [5, 5.41) is 21.2. The van der Waals surface area contributed by atoms with E-state index in [9.17, 15) is 23.2 Å². The summed E-state index contributed by atoms with van der Waals surface area (Å²) in [6, 6.07) is 16.0. The summed E-state index contributed by atoms with van der Waals surface area (Å²) in [5.74, 6) is -2.02. The first kappa shape index (κ1) is 41.0. The Morgan fingerprint density at radius 2 is 1.18 bits per heavy atom. The Kier molecular flexibility index (Phi) is 11.1. The molecule has 0 radical (unpaired) electrons. The molecule has 2 amide bonds. The van der Waals surface area contributed by atoms with E-state index < -0.39 is 11.5 Å². The summed E-state index contributed by atoms with van der Waals surface area (Å²) >= 11 is 0. The van der Waals surface area contributed by atoms with Gasteiger partial charge >= 0.3 is 5.97 Å². The number of rotatable bonds is 4. The van der Waals surface area contributed by atoms with Crippen LogP contribution in [0.1, 0.15) is 99.3 Å². The number of carbonyl (C=O) groups is 3. The fraction of sp³-hybridized carbons (Fsp3) is 0.357. The Morgan fingerprint density at radius 3 is 1.61 bits per heavy atom. The molecule has 1 spiro atoms. The normalized spacial score (nSPS) is 15.3. The number of hydrogen-bond acceptors (Lipinski definition) is 7. The van der Waals surface area contributed by atoms with Crippen molar-refractivity contribution in [1.82, 2.24) is 39.4 Å². The van der Waals surface area contributed by atoms with E-state index in [0.717, 1.165) is 35.1 Å². The van der Waals surface area contributed by atoms with Gasteiger partial charge in [0.15, 0.2) is 17.0 Å². The molecule has 1 saturated carbocycles. The standard InChI is InChI=1S/C25H28FN5O2.C17H16FN3O2.H3P/c1-24(2,3)18-14-19(16-6-8-17(26)9-7-16)29-31-15-20(28-21(18)31)22(32)30-13-12-27-23(33)25(30)10-4-5-11-25;1-17(2,3)12-8-13(10-4-6-11(18)7-5-10)20-21-9-14(16(22)23)19-15(12)21;/h6-9,14-15H,4-5,10-13H2,1-3H3,(H,27,33);4-9H,1-3H3,(H,22,23);1H3. The second-order valence-corrected chi connectivity index (χ2v) is 16.4. The third-order valence-electron chi connectivity index (χ3n) is 10.4. The largest absolute Gasteiger partial charge is 0.476 e. The minimum atomic E-state index is -1.10. The summed E-state index contributed by atoms with van der Waals surface area (Å²) in [5.41, 5.74) is 4.72. The smallest absolute Gasteiger partial charge is 0.356 e. The van der Waals surface area contributed by atoms with Gasteiger partial charge in [-0.25, -0.2) is 32.6 Å². The van der Waals surface area contributed by atoms with Crippen molar-refractivity contribution in [2.24, 2.45) is 0 Å². The van der Waals surface area contributed by atoms with Gasteiger partial charge in [0.05, 0.1) is 23.8 Å². The number of hydrogen-bond donors (Lipinski definition) is 2. The van der Waals surface area contributed by atoms with Gasteiger partial charge in [-0.2, -0.15) is 20.1 Å². The van der Waals surface area contributed by atoms with Crippen LogP contribution in [0.4, 0.5) is 8.78 Å². The van der Waals surface area contributed by atoms with Crippen LogP contribution in [0.2, 0.25) is 0 Å². The van der Waals surface area contributed by atoms with Crippen molar-refractivity contribution in [2.75, 3.05) is 13.1 Å². The number of carboxylic acids is 1. The third-order valence-corrected chi connectivity index (χ3v) is 10.4. The summed E-state index contributed by atoms with van der Waals surface area (Å²) in [6.07, 6.45) is 6.25. The Bertz CT molecular complexity index is 2480. The van der Waals surface area contributed by atoms with Gasteiger partial charge in [-0.1, -0.05) is 54.4 Å². The van der Waals surface area contributed by atoms with Gasteiger partial charge in [0.25, 0.3) is 5.91 Å². The molecule has 6 aromatic rings. The monoisotopic (exact) mass is 796 g/mol. The molecule has 1 atom stereocenters. The van der Waals surface area contributed by atoms with E-state index in [-0.39, 0.29) is 55.6 Å². The van der Waals surface area contributed by atoms with Gasteiger partial charge in [-0.3, -0.25) is 9.59 Å². The first-order chi connectivity index (χ1) is 26.4. The van der Waals surface area contributed by atoms with Crippen LogP contribution in [0.5, 0.6) is 0 Å². The van der Waals surface area contributed by atoms with E-state index in [0.29, 0.717) is 48.6 Å². The van der Waals surface area contributed by atoms with Gasteiger partial charge in [-0.05, 0) is 84.3 Å². The molecule has 1 unspecified atom stereocenters. The van der Waals surface area contributed by atoms with Crippen molar-refractivity contribution in [3.05, 3.63) is 107 Å². The van der Waals surface area contributed by atoms with Crippen molar-refractivity contribution < 1.29 is 28.3 Å². The number of carbonyl (C=O) groups excluding carboxylic acids is 2. The summed E-state index contributed by atoms with van der Waals surface area (Å²) in [7, 11) is 0. The van der Waals surface area contributed by atoms with Gasteiger partial charge in [0.1, 0.15) is 22.9 Å². The summed E-state index contributed by atoms with van der Waals surface area (Å²) in [4.78, 5) is 48.2. The lowest BCUT2D eigenvalue weighted by Crippen LogP contribution is -2.65.